The molecule has 0 spiro atoms. The molecule has 2 N–H and O–H groups in total. The maximum Gasteiger partial charge on any atom is 0.322 e. The molecule has 2 heterocycles. The third-order valence-corrected chi connectivity index (χ3v) is 2.27. The van der Waals surface area contributed by atoms with Gasteiger partial charge in [-0.3, -0.25) is 4.57 Å². The number of anilines is 1. The monoisotopic (exact) mass is 220 g/mol. The molecule has 84 valence electrons. The molecule has 2 aromatic rings. The fourth-order valence-electron chi connectivity index (χ4n) is 1.26. The van der Waals surface area contributed by atoms with Crippen molar-refractivity contribution in [2.75, 3.05) is 12.8 Å². The summed E-state index contributed by atoms with van der Waals surface area (Å²) in [4.78, 5) is 16.1. The van der Waals surface area contributed by atoms with E-state index in [-0.39, 0.29) is 12.0 Å². The first-order valence-electron chi connectivity index (χ1n) is 4.68. The van der Waals surface area contributed by atoms with Gasteiger partial charge in [-0.15, -0.1) is 0 Å². The van der Waals surface area contributed by atoms with Crippen LogP contribution in [0.2, 0.25) is 0 Å². The van der Waals surface area contributed by atoms with Crippen molar-refractivity contribution in [3.05, 3.63) is 17.7 Å². The Morgan fingerprint density at radius 2 is 2.00 bits per heavy atom. The zero-order valence-electron chi connectivity index (χ0n) is 9.30. The van der Waals surface area contributed by atoms with Crippen molar-refractivity contribution in [2.24, 2.45) is 0 Å². The molecule has 0 aliphatic heterocycles. The Bertz CT molecular complexity index is 521. The first-order chi connectivity index (χ1) is 7.61. The van der Waals surface area contributed by atoms with Gasteiger partial charge in [0.1, 0.15) is 6.33 Å². The van der Waals surface area contributed by atoms with Gasteiger partial charge in [0.15, 0.2) is 0 Å². The van der Waals surface area contributed by atoms with Gasteiger partial charge in [0, 0.05) is 5.69 Å². The number of aromatic nitrogens is 5. The van der Waals surface area contributed by atoms with Gasteiger partial charge in [0.2, 0.25) is 11.9 Å². The minimum absolute atomic E-state index is 0.118. The second kappa shape index (κ2) is 3.76. The number of nitrogen functional groups attached to an aromatic ring is 1. The molecule has 2 rings (SSSR count). The number of rotatable bonds is 2. The average molecular weight is 220 g/mol. The Labute approximate surface area is 92.3 Å². The molecule has 0 aliphatic rings. The molecular weight excluding hydrogens is 208 g/mol. The van der Waals surface area contributed by atoms with Crippen LogP contribution in [0, 0.1) is 13.8 Å². The van der Waals surface area contributed by atoms with Gasteiger partial charge in [0.05, 0.1) is 12.8 Å². The van der Waals surface area contributed by atoms with E-state index in [9.17, 15) is 0 Å². The lowest BCUT2D eigenvalue weighted by Gasteiger charge is -2.05. The predicted molar refractivity (Wildman–Crippen MR) is 57.4 cm³/mol. The van der Waals surface area contributed by atoms with Crippen LogP contribution in [0.1, 0.15) is 11.4 Å². The number of hydrogen-bond donors (Lipinski definition) is 1. The third-order valence-electron chi connectivity index (χ3n) is 2.27. The highest BCUT2D eigenvalue weighted by atomic mass is 16.5. The first-order valence-corrected chi connectivity index (χ1v) is 4.68. The van der Waals surface area contributed by atoms with E-state index in [0.29, 0.717) is 5.95 Å². The van der Waals surface area contributed by atoms with Gasteiger partial charge in [0.25, 0.3) is 0 Å². The second-order valence-corrected chi connectivity index (χ2v) is 3.27. The lowest BCUT2D eigenvalue weighted by atomic mass is 10.4. The topological polar surface area (TPSA) is 91.7 Å². The quantitative estimate of drug-likeness (QED) is 0.780. The number of aryl methyl sites for hydroxylation is 1. The summed E-state index contributed by atoms with van der Waals surface area (Å²) in [6, 6.07) is 0.188. The summed E-state index contributed by atoms with van der Waals surface area (Å²) in [7, 11) is 1.48. The summed E-state index contributed by atoms with van der Waals surface area (Å²) in [5, 5.41) is 0. The van der Waals surface area contributed by atoms with Crippen molar-refractivity contribution in [3.63, 3.8) is 0 Å². The van der Waals surface area contributed by atoms with Crippen molar-refractivity contribution >= 4 is 5.95 Å². The van der Waals surface area contributed by atoms with Crippen molar-refractivity contribution < 1.29 is 4.74 Å². The molecule has 0 bridgehead atoms. The number of ether oxygens (including phenoxy) is 1. The predicted octanol–water partition coefficient (Wildman–Crippen LogP) is 0.265. The Hall–Kier alpha value is -2.18. The van der Waals surface area contributed by atoms with E-state index in [1.807, 2.05) is 13.8 Å². The van der Waals surface area contributed by atoms with E-state index in [0.717, 1.165) is 11.4 Å². The van der Waals surface area contributed by atoms with Gasteiger partial charge in [-0.1, -0.05) is 0 Å². The third kappa shape index (κ3) is 1.67. The molecule has 7 nitrogen and oxygen atoms in total. The maximum atomic E-state index is 5.55. The highest BCUT2D eigenvalue weighted by Crippen LogP contribution is 2.12. The first kappa shape index (κ1) is 10.3. The standard InChI is InChI=1S/C9H12N6O/c1-5-6(2)15(4-11-5)8-12-7(10)13-9(14-8)16-3/h4H,1-3H3,(H2,10,12,13,14). The Morgan fingerprint density at radius 3 is 2.56 bits per heavy atom. The van der Waals surface area contributed by atoms with Crippen molar-refractivity contribution in [1.29, 1.82) is 0 Å². The molecule has 0 amide bonds. The average Bonchev–Trinajstić information content (AvgIpc) is 2.59. The van der Waals surface area contributed by atoms with Crippen LogP contribution in [-0.2, 0) is 0 Å². The lowest BCUT2D eigenvalue weighted by molar-refractivity contribution is 0.378. The van der Waals surface area contributed by atoms with Crippen LogP contribution in [-0.4, -0.2) is 31.6 Å². The largest absolute Gasteiger partial charge is 0.467 e. The number of methoxy groups -OCH3 is 1. The van der Waals surface area contributed by atoms with Crippen LogP contribution in [0.3, 0.4) is 0 Å². The normalized spacial score (nSPS) is 10.4. The van der Waals surface area contributed by atoms with Crippen LogP contribution in [0.4, 0.5) is 5.95 Å². The highest BCUT2D eigenvalue weighted by Gasteiger charge is 2.10. The fourth-order valence-corrected chi connectivity index (χ4v) is 1.26. The van der Waals surface area contributed by atoms with E-state index >= 15 is 0 Å². The molecule has 7 heteroatoms. The fraction of sp³-hybridized carbons (Fsp3) is 0.333. The molecular formula is C9H12N6O. The van der Waals surface area contributed by atoms with Gasteiger partial charge >= 0.3 is 6.01 Å². The lowest BCUT2D eigenvalue weighted by Crippen LogP contribution is -2.08. The van der Waals surface area contributed by atoms with Crippen LogP contribution in [0.5, 0.6) is 6.01 Å². The van der Waals surface area contributed by atoms with E-state index in [4.69, 9.17) is 10.5 Å². The van der Waals surface area contributed by atoms with Crippen molar-refractivity contribution in [1.82, 2.24) is 24.5 Å². The molecule has 0 radical (unpaired) electrons. The van der Waals surface area contributed by atoms with Crippen LogP contribution < -0.4 is 10.5 Å². The molecule has 16 heavy (non-hydrogen) atoms. The minimum atomic E-state index is 0.118. The van der Waals surface area contributed by atoms with Gasteiger partial charge in [-0.2, -0.15) is 15.0 Å². The number of nitrogens with zero attached hydrogens (tertiary/aromatic N) is 5. The zero-order chi connectivity index (χ0) is 11.7. The number of hydrogen-bond acceptors (Lipinski definition) is 6. The summed E-state index contributed by atoms with van der Waals surface area (Å²) in [5.41, 5.74) is 7.42. The number of nitrogens with two attached hydrogens (primary N) is 1. The van der Waals surface area contributed by atoms with E-state index in [1.165, 1.54) is 7.11 Å². The molecule has 0 fully saturated rings. The maximum absolute atomic E-state index is 5.55. The molecule has 0 aliphatic carbocycles. The summed E-state index contributed by atoms with van der Waals surface area (Å²) in [6.07, 6.45) is 1.64. The van der Waals surface area contributed by atoms with E-state index in [1.54, 1.807) is 10.9 Å². The Morgan fingerprint density at radius 1 is 1.25 bits per heavy atom. The van der Waals surface area contributed by atoms with Crippen molar-refractivity contribution in [3.8, 4) is 12.0 Å². The molecule has 0 aromatic carbocycles. The summed E-state index contributed by atoms with van der Waals surface area (Å²) < 4.78 is 6.66. The molecule has 2 aromatic heterocycles. The summed E-state index contributed by atoms with van der Waals surface area (Å²) in [5.74, 6) is 0.523. The summed E-state index contributed by atoms with van der Waals surface area (Å²) >= 11 is 0. The zero-order valence-corrected chi connectivity index (χ0v) is 9.30. The smallest absolute Gasteiger partial charge is 0.322 e. The van der Waals surface area contributed by atoms with Crippen LogP contribution in [0.25, 0.3) is 5.95 Å². The Kier molecular flexibility index (Phi) is 2.43. The molecule has 0 saturated heterocycles. The van der Waals surface area contributed by atoms with E-state index in [2.05, 4.69) is 19.9 Å². The highest BCUT2D eigenvalue weighted by molar-refractivity contribution is 5.28. The van der Waals surface area contributed by atoms with Crippen LogP contribution in [0.15, 0.2) is 6.33 Å². The minimum Gasteiger partial charge on any atom is -0.467 e. The van der Waals surface area contributed by atoms with Gasteiger partial charge in [-0.25, -0.2) is 4.98 Å². The van der Waals surface area contributed by atoms with Gasteiger partial charge in [-0.05, 0) is 13.8 Å². The SMILES string of the molecule is COc1nc(N)nc(-n2cnc(C)c2C)n1. The molecule has 0 saturated carbocycles. The number of imidazole rings is 1. The molecule has 0 atom stereocenters. The van der Waals surface area contributed by atoms with Gasteiger partial charge < -0.3 is 10.5 Å². The summed E-state index contributed by atoms with van der Waals surface area (Å²) in [6.45, 7) is 3.84. The Balaban J connectivity index is 2.55. The van der Waals surface area contributed by atoms with E-state index < -0.39 is 0 Å². The second-order valence-electron chi connectivity index (χ2n) is 3.27. The van der Waals surface area contributed by atoms with Crippen molar-refractivity contribution in [2.45, 2.75) is 13.8 Å². The molecule has 0 unspecified atom stereocenters. The van der Waals surface area contributed by atoms with Crippen LogP contribution >= 0.6 is 0 Å².